The van der Waals surface area contributed by atoms with Crippen LogP contribution in [0.2, 0.25) is 0 Å². The van der Waals surface area contributed by atoms with Gasteiger partial charge in [-0.05, 0) is 37.7 Å². The molecular formula is C13H21NO2. The summed E-state index contributed by atoms with van der Waals surface area (Å²) >= 11 is 0. The highest BCUT2D eigenvalue weighted by Crippen LogP contribution is 2.31. The number of rotatable bonds is 9. The van der Waals surface area contributed by atoms with Crippen LogP contribution >= 0.6 is 0 Å². The lowest BCUT2D eigenvalue weighted by molar-refractivity contribution is -0.109. The zero-order valence-electron chi connectivity index (χ0n) is 9.78. The summed E-state index contributed by atoms with van der Waals surface area (Å²) in [7, 11) is 0. The Morgan fingerprint density at radius 2 is 2.31 bits per heavy atom. The van der Waals surface area contributed by atoms with Crippen molar-refractivity contribution >= 4 is 6.41 Å². The fourth-order valence-corrected chi connectivity index (χ4v) is 1.81. The summed E-state index contributed by atoms with van der Waals surface area (Å²) in [5, 5.41) is 2.64. The van der Waals surface area contributed by atoms with Gasteiger partial charge in [0, 0.05) is 13.2 Å². The van der Waals surface area contributed by atoms with Gasteiger partial charge in [0.05, 0.1) is 6.10 Å². The predicted molar refractivity (Wildman–Crippen MR) is 64.1 cm³/mol. The van der Waals surface area contributed by atoms with Crippen LogP contribution in [-0.2, 0) is 9.53 Å². The number of ether oxygens (including phenoxy) is 1. The average molecular weight is 223 g/mol. The number of carbonyl (C=O) groups is 1. The van der Waals surface area contributed by atoms with Crippen LogP contribution in [0.1, 0.15) is 32.1 Å². The van der Waals surface area contributed by atoms with Gasteiger partial charge < -0.3 is 10.1 Å². The molecule has 0 bridgehead atoms. The number of amides is 1. The summed E-state index contributed by atoms with van der Waals surface area (Å²) in [6.45, 7) is 5.08. The van der Waals surface area contributed by atoms with Crippen molar-refractivity contribution in [1.29, 1.82) is 0 Å². The van der Waals surface area contributed by atoms with Crippen LogP contribution in [0.25, 0.3) is 0 Å². The summed E-state index contributed by atoms with van der Waals surface area (Å²) in [6, 6.07) is 0. The van der Waals surface area contributed by atoms with Crippen molar-refractivity contribution in [1.82, 2.24) is 5.32 Å². The highest BCUT2D eigenvalue weighted by Gasteiger charge is 2.25. The van der Waals surface area contributed by atoms with E-state index in [-0.39, 0.29) is 6.10 Å². The first-order chi connectivity index (χ1) is 7.88. The molecule has 1 fully saturated rings. The first kappa shape index (κ1) is 13.0. The van der Waals surface area contributed by atoms with E-state index in [4.69, 9.17) is 4.74 Å². The van der Waals surface area contributed by atoms with Crippen LogP contribution in [0.5, 0.6) is 0 Å². The number of hydrogen-bond acceptors (Lipinski definition) is 2. The number of nitrogens with one attached hydrogen (secondary N) is 1. The van der Waals surface area contributed by atoms with Gasteiger partial charge >= 0.3 is 0 Å². The van der Waals surface area contributed by atoms with Crippen molar-refractivity contribution in [3.63, 3.8) is 0 Å². The minimum atomic E-state index is 0.199. The van der Waals surface area contributed by atoms with E-state index < -0.39 is 0 Å². The van der Waals surface area contributed by atoms with E-state index in [9.17, 15) is 4.79 Å². The van der Waals surface area contributed by atoms with Crippen LogP contribution in [0.3, 0.4) is 0 Å². The first-order valence-corrected chi connectivity index (χ1v) is 6.03. The quantitative estimate of drug-likeness (QED) is 0.369. The molecule has 3 nitrogen and oxygen atoms in total. The second-order valence-corrected chi connectivity index (χ2v) is 4.18. The fourth-order valence-electron chi connectivity index (χ4n) is 1.81. The molecule has 1 atom stereocenters. The van der Waals surface area contributed by atoms with Crippen molar-refractivity contribution in [2.45, 2.75) is 38.2 Å². The molecule has 1 saturated carbocycles. The van der Waals surface area contributed by atoms with Gasteiger partial charge in [0.25, 0.3) is 0 Å². The van der Waals surface area contributed by atoms with Gasteiger partial charge in [-0.25, -0.2) is 0 Å². The van der Waals surface area contributed by atoms with E-state index in [0.29, 0.717) is 5.92 Å². The van der Waals surface area contributed by atoms with E-state index >= 15 is 0 Å². The van der Waals surface area contributed by atoms with E-state index in [0.717, 1.165) is 32.4 Å². The summed E-state index contributed by atoms with van der Waals surface area (Å²) in [6.07, 6.45) is 8.66. The third kappa shape index (κ3) is 4.65. The lowest BCUT2D eigenvalue weighted by atomic mass is 9.81. The van der Waals surface area contributed by atoms with Crippen molar-refractivity contribution in [2.24, 2.45) is 5.92 Å². The number of hydrogen-bond donors (Lipinski definition) is 1. The molecule has 0 spiro atoms. The molecule has 0 saturated heterocycles. The average Bonchev–Trinajstić information content (AvgIpc) is 2.21. The molecule has 0 aromatic heterocycles. The minimum Gasteiger partial charge on any atom is -0.373 e. The standard InChI is InChI=1S/C13H21NO2/c1-2-6-13(12-7-5-8-12)16-10-4-3-9-14-11-15/h6,11-13H,1,3-5,7-10H2,(H,14,15). The van der Waals surface area contributed by atoms with Gasteiger partial charge in [-0.2, -0.15) is 0 Å². The lowest BCUT2D eigenvalue weighted by Crippen LogP contribution is -2.28. The molecule has 1 N–H and O–H groups in total. The first-order valence-electron chi connectivity index (χ1n) is 6.03. The molecule has 0 heterocycles. The van der Waals surface area contributed by atoms with Crippen LogP contribution in [0.15, 0.2) is 18.4 Å². The zero-order chi connectivity index (χ0) is 11.6. The third-order valence-corrected chi connectivity index (χ3v) is 3.01. The van der Waals surface area contributed by atoms with Gasteiger partial charge in [0.15, 0.2) is 0 Å². The van der Waals surface area contributed by atoms with E-state index in [1.165, 1.54) is 19.3 Å². The Kier molecular flexibility index (Phi) is 6.62. The molecule has 16 heavy (non-hydrogen) atoms. The van der Waals surface area contributed by atoms with Gasteiger partial charge in [-0.1, -0.05) is 13.0 Å². The van der Waals surface area contributed by atoms with Gasteiger partial charge in [-0.15, -0.1) is 5.73 Å². The second kappa shape index (κ2) is 8.14. The Morgan fingerprint density at radius 3 is 2.88 bits per heavy atom. The summed E-state index contributed by atoms with van der Waals surface area (Å²) in [4.78, 5) is 10.0. The molecular weight excluding hydrogens is 202 g/mol. The lowest BCUT2D eigenvalue weighted by Gasteiger charge is -2.31. The van der Waals surface area contributed by atoms with E-state index in [2.05, 4.69) is 17.6 Å². The minimum absolute atomic E-state index is 0.199. The van der Waals surface area contributed by atoms with Crippen molar-refractivity contribution in [3.8, 4) is 0 Å². The van der Waals surface area contributed by atoms with Crippen LogP contribution in [-0.4, -0.2) is 25.7 Å². The molecule has 1 unspecified atom stereocenters. The molecule has 0 aromatic carbocycles. The van der Waals surface area contributed by atoms with E-state index in [1.54, 1.807) is 0 Å². The maximum absolute atomic E-state index is 10.0. The fraction of sp³-hybridized carbons (Fsp3) is 0.692. The van der Waals surface area contributed by atoms with Crippen molar-refractivity contribution in [2.75, 3.05) is 13.2 Å². The molecule has 1 aliphatic carbocycles. The normalized spacial score (nSPS) is 17.0. The molecule has 0 aliphatic heterocycles. The van der Waals surface area contributed by atoms with Crippen molar-refractivity contribution in [3.05, 3.63) is 18.4 Å². The highest BCUT2D eigenvalue weighted by molar-refractivity contribution is 5.45. The maximum atomic E-state index is 10.0. The molecule has 1 rings (SSSR count). The van der Waals surface area contributed by atoms with Gasteiger partial charge in [0.2, 0.25) is 6.41 Å². The topological polar surface area (TPSA) is 38.3 Å². The van der Waals surface area contributed by atoms with Crippen LogP contribution < -0.4 is 5.32 Å². The summed E-state index contributed by atoms with van der Waals surface area (Å²) < 4.78 is 5.79. The highest BCUT2D eigenvalue weighted by atomic mass is 16.5. The van der Waals surface area contributed by atoms with Gasteiger partial charge in [0.1, 0.15) is 0 Å². The maximum Gasteiger partial charge on any atom is 0.207 e. The molecule has 90 valence electrons. The SMILES string of the molecule is C=C=CC(OCCCCNC=O)C1CCC1. The van der Waals surface area contributed by atoms with Gasteiger partial charge in [-0.3, -0.25) is 4.79 Å². The molecule has 3 heteroatoms. The van der Waals surface area contributed by atoms with E-state index in [1.807, 2.05) is 6.08 Å². The monoisotopic (exact) mass is 223 g/mol. The molecule has 0 aromatic rings. The molecule has 1 aliphatic rings. The largest absolute Gasteiger partial charge is 0.373 e. The number of carbonyl (C=O) groups excluding carboxylic acids is 1. The Morgan fingerprint density at radius 1 is 1.50 bits per heavy atom. The predicted octanol–water partition coefficient (Wildman–Crippen LogP) is 2.04. The second-order valence-electron chi connectivity index (χ2n) is 4.18. The van der Waals surface area contributed by atoms with Crippen LogP contribution in [0, 0.1) is 5.92 Å². The zero-order valence-corrected chi connectivity index (χ0v) is 9.78. The van der Waals surface area contributed by atoms with Crippen molar-refractivity contribution < 1.29 is 9.53 Å². The van der Waals surface area contributed by atoms with Crippen LogP contribution in [0.4, 0.5) is 0 Å². The Bertz CT molecular complexity index is 242. The number of unbranched alkanes of at least 4 members (excludes halogenated alkanes) is 1. The Labute approximate surface area is 97.6 Å². The summed E-state index contributed by atoms with van der Waals surface area (Å²) in [5.74, 6) is 0.669. The Balaban J connectivity index is 2.07. The molecule has 1 amide bonds. The Hall–Kier alpha value is -1.05. The summed E-state index contributed by atoms with van der Waals surface area (Å²) in [5.41, 5.74) is 2.82. The smallest absolute Gasteiger partial charge is 0.207 e. The molecule has 0 radical (unpaired) electrons. The third-order valence-electron chi connectivity index (χ3n) is 3.01.